The third-order valence-electron chi connectivity index (χ3n) is 7.91. The first-order valence-electron chi connectivity index (χ1n) is 10.7. The van der Waals surface area contributed by atoms with Crippen LogP contribution in [-0.4, -0.2) is 59.9 Å². The van der Waals surface area contributed by atoms with E-state index in [4.69, 9.17) is 9.62 Å². The van der Waals surface area contributed by atoms with E-state index in [-0.39, 0.29) is 17.6 Å². The summed E-state index contributed by atoms with van der Waals surface area (Å²) in [4.78, 5) is 36.6. The number of ketones is 1. The average Bonchev–Trinajstić information content (AvgIpc) is 3.48. The van der Waals surface area contributed by atoms with Crippen LogP contribution in [-0.2, 0) is 26.3 Å². The highest BCUT2D eigenvalue weighted by atomic mass is 17.2. The third-order valence-corrected chi connectivity index (χ3v) is 7.91. The van der Waals surface area contributed by atoms with Gasteiger partial charge in [0.05, 0.1) is 18.1 Å². The van der Waals surface area contributed by atoms with Gasteiger partial charge in [-0.1, -0.05) is 6.07 Å². The van der Waals surface area contributed by atoms with Crippen molar-refractivity contribution in [2.75, 3.05) is 20.2 Å². The molecule has 3 fully saturated rings. The Balaban J connectivity index is 1.47. The molecular weight excluding hydrogens is 390 g/mol. The summed E-state index contributed by atoms with van der Waals surface area (Å²) in [6, 6.07) is 3.61. The van der Waals surface area contributed by atoms with E-state index in [1.807, 2.05) is 6.07 Å². The number of hydrogen-bond donors (Lipinski definition) is 1. The minimum absolute atomic E-state index is 0.0120. The van der Waals surface area contributed by atoms with Crippen LogP contribution in [0, 0.1) is 5.92 Å². The molecule has 1 saturated heterocycles. The molecule has 0 aromatic heterocycles. The Labute approximate surface area is 174 Å². The lowest BCUT2D eigenvalue weighted by molar-refractivity contribution is -0.189. The van der Waals surface area contributed by atoms with Gasteiger partial charge in [0.2, 0.25) is 5.75 Å². The maximum Gasteiger partial charge on any atom is 0.549 e. The molecule has 2 heterocycles. The molecule has 2 saturated carbocycles. The second-order valence-corrected chi connectivity index (χ2v) is 9.32. The van der Waals surface area contributed by atoms with Crippen molar-refractivity contribution < 1.29 is 33.9 Å². The number of likely N-dealkylation sites (tertiary alicyclic amines) is 1. The van der Waals surface area contributed by atoms with E-state index in [2.05, 4.69) is 14.5 Å². The van der Waals surface area contributed by atoms with Crippen LogP contribution in [0.2, 0.25) is 0 Å². The number of ether oxygens (including phenoxy) is 2. The fourth-order valence-electron chi connectivity index (χ4n) is 6.43. The SMILES string of the molecule is COC(=O)OOc1ccc2c3c1O[C@H]1C(=O)CC[C@@]4(O)C(C2)N(CC2CC2)CC[C@]314. The summed E-state index contributed by atoms with van der Waals surface area (Å²) in [5.41, 5.74) is 0.124. The summed E-state index contributed by atoms with van der Waals surface area (Å²) in [5.74, 6) is 1.37. The van der Waals surface area contributed by atoms with Gasteiger partial charge in [-0.3, -0.25) is 14.6 Å². The maximum absolute atomic E-state index is 13.0. The molecule has 6 rings (SSSR count). The van der Waals surface area contributed by atoms with Gasteiger partial charge < -0.3 is 14.6 Å². The van der Waals surface area contributed by atoms with Crippen molar-refractivity contribution in [3.05, 3.63) is 23.3 Å². The normalized spacial score (nSPS) is 36.0. The van der Waals surface area contributed by atoms with Gasteiger partial charge in [-0.05, 0) is 56.2 Å². The van der Waals surface area contributed by atoms with Crippen molar-refractivity contribution in [1.29, 1.82) is 0 Å². The highest BCUT2D eigenvalue weighted by molar-refractivity contribution is 5.90. The van der Waals surface area contributed by atoms with Gasteiger partial charge in [-0.15, -0.1) is 0 Å². The molecule has 2 aliphatic heterocycles. The quantitative estimate of drug-likeness (QED) is 0.453. The molecule has 1 N–H and O–H groups in total. The number of nitrogens with zero attached hydrogens (tertiary/aromatic N) is 1. The van der Waals surface area contributed by atoms with Crippen molar-refractivity contribution in [3.8, 4) is 11.5 Å². The van der Waals surface area contributed by atoms with Gasteiger partial charge in [-0.2, -0.15) is 4.79 Å². The molecule has 0 radical (unpaired) electrons. The number of rotatable bonds is 4. The number of carbonyl (C=O) groups excluding carboxylic acids is 2. The molecule has 1 aromatic carbocycles. The van der Waals surface area contributed by atoms with E-state index in [1.165, 1.54) is 20.0 Å². The first-order chi connectivity index (χ1) is 14.5. The predicted octanol–water partition coefficient (Wildman–Crippen LogP) is 1.90. The minimum atomic E-state index is -1.03. The van der Waals surface area contributed by atoms with Gasteiger partial charge >= 0.3 is 6.16 Å². The van der Waals surface area contributed by atoms with Gasteiger partial charge in [-0.25, -0.2) is 4.89 Å². The molecule has 5 aliphatic rings. The van der Waals surface area contributed by atoms with Crippen molar-refractivity contribution in [2.24, 2.45) is 5.92 Å². The number of aliphatic hydroxyl groups is 1. The highest BCUT2D eigenvalue weighted by Gasteiger charge is 2.73. The predicted molar refractivity (Wildman–Crippen MR) is 102 cm³/mol. The molecular formula is C22H25NO7. The minimum Gasteiger partial charge on any atom is -0.477 e. The molecule has 8 nitrogen and oxygen atoms in total. The summed E-state index contributed by atoms with van der Waals surface area (Å²) in [6.45, 7) is 1.85. The Morgan fingerprint density at radius 2 is 2.17 bits per heavy atom. The zero-order valence-corrected chi connectivity index (χ0v) is 16.9. The number of methoxy groups -OCH3 is 1. The van der Waals surface area contributed by atoms with E-state index in [1.54, 1.807) is 6.07 Å². The Hall–Kier alpha value is -2.32. The average molecular weight is 415 g/mol. The lowest BCUT2D eigenvalue weighted by atomic mass is 9.49. The van der Waals surface area contributed by atoms with E-state index < -0.39 is 23.3 Å². The lowest BCUT2D eigenvalue weighted by Gasteiger charge is -2.62. The Morgan fingerprint density at radius 1 is 1.33 bits per heavy atom. The summed E-state index contributed by atoms with van der Waals surface area (Å²) >= 11 is 0. The van der Waals surface area contributed by atoms with Crippen molar-refractivity contribution in [1.82, 2.24) is 4.90 Å². The number of benzene rings is 1. The van der Waals surface area contributed by atoms with Gasteiger partial charge in [0, 0.05) is 24.6 Å². The maximum atomic E-state index is 13.0. The fraction of sp³-hybridized carbons (Fsp3) is 0.636. The first kappa shape index (κ1) is 18.4. The summed E-state index contributed by atoms with van der Waals surface area (Å²) < 4.78 is 10.7. The lowest BCUT2D eigenvalue weighted by Crippen LogP contribution is -2.76. The smallest absolute Gasteiger partial charge is 0.477 e. The van der Waals surface area contributed by atoms with Crippen LogP contribution in [0.4, 0.5) is 4.79 Å². The topological polar surface area (TPSA) is 94.5 Å². The first-order valence-corrected chi connectivity index (χ1v) is 10.7. The molecule has 0 amide bonds. The van der Waals surface area contributed by atoms with Crippen LogP contribution in [0.25, 0.3) is 0 Å². The van der Waals surface area contributed by atoms with E-state index in [0.717, 1.165) is 30.1 Å². The second-order valence-electron chi connectivity index (χ2n) is 9.32. The highest BCUT2D eigenvalue weighted by Crippen LogP contribution is 2.65. The molecule has 2 bridgehead atoms. The Morgan fingerprint density at radius 3 is 2.93 bits per heavy atom. The molecule has 160 valence electrons. The van der Waals surface area contributed by atoms with Crippen LogP contribution in [0.3, 0.4) is 0 Å². The van der Waals surface area contributed by atoms with Crippen LogP contribution >= 0.6 is 0 Å². The number of carbonyl (C=O) groups is 2. The largest absolute Gasteiger partial charge is 0.549 e. The van der Waals surface area contributed by atoms with Crippen molar-refractivity contribution in [2.45, 2.75) is 61.7 Å². The Bertz CT molecular complexity index is 944. The van der Waals surface area contributed by atoms with Crippen molar-refractivity contribution in [3.63, 3.8) is 0 Å². The summed E-state index contributed by atoms with van der Waals surface area (Å²) in [5, 5.41) is 12.2. The van der Waals surface area contributed by atoms with Crippen LogP contribution in [0.1, 0.15) is 43.2 Å². The molecule has 1 aromatic rings. The third kappa shape index (κ3) is 2.23. The standard InChI is InChI=1S/C22H25NO7/c1-27-20(25)30-29-15-5-4-13-10-16-22(26)7-6-14(24)19-21(22,17(13)18(15)28-19)8-9-23(16)11-12-2-3-12/h4-5,12,16,19,26H,2-3,6-11H2,1H3/t16?,19-,21-,22+/m0/s1. The number of piperidine rings is 1. The zero-order valence-electron chi connectivity index (χ0n) is 16.9. The van der Waals surface area contributed by atoms with Crippen LogP contribution in [0.15, 0.2) is 12.1 Å². The number of hydrogen-bond acceptors (Lipinski definition) is 8. The summed E-state index contributed by atoms with van der Waals surface area (Å²) in [7, 11) is 1.19. The van der Waals surface area contributed by atoms with Crippen LogP contribution < -0.4 is 9.62 Å². The molecule has 1 spiro atoms. The summed E-state index contributed by atoms with van der Waals surface area (Å²) in [6.07, 6.45) is 2.92. The van der Waals surface area contributed by atoms with E-state index in [9.17, 15) is 14.7 Å². The van der Waals surface area contributed by atoms with E-state index in [0.29, 0.717) is 31.4 Å². The zero-order chi connectivity index (χ0) is 20.7. The molecule has 4 atom stereocenters. The number of Topliss-reactive ketones (excluding diaryl/α,β-unsaturated/α-hetero) is 1. The monoisotopic (exact) mass is 415 g/mol. The molecule has 3 aliphatic carbocycles. The molecule has 30 heavy (non-hydrogen) atoms. The fourth-order valence-corrected chi connectivity index (χ4v) is 6.43. The van der Waals surface area contributed by atoms with E-state index >= 15 is 0 Å². The van der Waals surface area contributed by atoms with Gasteiger partial charge in [0.1, 0.15) is 0 Å². The van der Waals surface area contributed by atoms with Crippen LogP contribution in [0.5, 0.6) is 11.5 Å². The van der Waals surface area contributed by atoms with Gasteiger partial charge in [0.25, 0.3) is 0 Å². The molecule has 1 unspecified atom stereocenters. The van der Waals surface area contributed by atoms with Gasteiger partial charge in [0.15, 0.2) is 17.6 Å². The molecule has 8 heteroatoms. The Kier molecular flexibility index (Phi) is 3.75. The van der Waals surface area contributed by atoms with Crippen molar-refractivity contribution >= 4 is 11.9 Å². The second kappa shape index (κ2) is 6.11.